The Kier molecular flexibility index (Phi) is 4.30. The minimum atomic E-state index is 0.585. The maximum atomic E-state index is 7.42. The summed E-state index contributed by atoms with van der Waals surface area (Å²) in [6.07, 6.45) is 2.34. The van der Waals surface area contributed by atoms with E-state index in [1.165, 1.54) is 18.5 Å². The molecular formula is C12H19N2. The highest BCUT2D eigenvalue weighted by molar-refractivity contribution is 5.51. The van der Waals surface area contributed by atoms with E-state index >= 15 is 0 Å². The lowest BCUT2D eigenvalue weighted by atomic mass is 10.2. The Balaban J connectivity index is 2.71. The number of hydrogen-bond acceptors (Lipinski definition) is 1. The minimum Gasteiger partial charge on any atom is -0.372 e. The van der Waals surface area contributed by atoms with E-state index in [-0.39, 0.29) is 0 Å². The van der Waals surface area contributed by atoms with Gasteiger partial charge in [-0.1, -0.05) is 13.8 Å². The number of rotatable bonds is 5. The van der Waals surface area contributed by atoms with E-state index in [4.69, 9.17) is 5.73 Å². The number of anilines is 1. The molecule has 2 nitrogen and oxygen atoms in total. The van der Waals surface area contributed by atoms with E-state index in [0.29, 0.717) is 5.69 Å². The van der Waals surface area contributed by atoms with Crippen LogP contribution >= 0.6 is 0 Å². The van der Waals surface area contributed by atoms with Crippen molar-refractivity contribution >= 4 is 11.4 Å². The highest BCUT2D eigenvalue weighted by Gasteiger charge is 2.02. The van der Waals surface area contributed by atoms with E-state index in [2.05, 4.69) is 18.7 Å². The van der Waals surface area contributed by atoms with Gasteiger partial charge >= 0.3 is 0 Å². The van der Waals surface area contributed by atoms with Crippen molar-refractivity contribution in [3.8, 4) is 0 Å². The molecule has 1 aromatic rings. The van der Waals surface area contributed by atoms with E-state index in [9.17, 15) is 0 Å². The van der Waals surface area contributed by atoms with E-state index in [0.717, 1.165) is 13.1 Å². The maximum Gasteiger partial charge on any atom is 0.0541 e. The summed E-state index contributed by atoms with van der Waals surface area (Å²) in [6, 6.07) is 7.78. The summed E-state index contributed by atoms with van der Waals surface area (Å²) in [7, 11) is 0. The smallest absolute Gasteiger partial charge is 0.0541 e. The molecular weight excluding hydrogens is 172 g/mol. The largest absolute Gasteiger partial charge is 0.372 e. The predicted octanol–water partition coefficient (Wildman–Crippen LogP) is 3.23. The second kappa shape index (κ2) is 5.53. The summed E-state index contributed by atoms with van der Waals surface area (Å²) in [6.45, 7) is 6.60. The van der Waals surface area contributed by atoms with Gasteiger partial charge in [0.2, 0.25) is 0 Å². The molecule has 1 radical (unpaired) electrons. The zero-order valence-electron chi connectivity index (χ0n) is 9.09. The van der Waals surface area contributed by atoms with Crippen molar-refractivity contribution in [1.29, 1.82) is 0 Å². The number of benzene rings is 1. The van der Waals surface area contributed by atoms with Gasteiger partial charge in [-0.2, -0.15) is 0 Å². The van der Waals surface area contributed by atoms with Gasteiger partial charge in [0, 0.05) is 18.8 Å². The quantitative estimate of drug-likeness (QED) is 0.702. The van der Waals surface area contributed by atoms with E-state index < -0.39 is 0 Å². The van der Waals surface area contributed by atoms with Crippen LogP contribution in [0.25, 0.3) is 0 Å². The Morgan fingerprint density at radius 2 is 1.50 bits per heavy atom. The Bertz CT molecular complexity index is 248. The molecule has 0 aliphatic heterocycles. The maximum absolute atomic E-state index is 7.42. The lowest BCUT2D eigenvalue weighted by molar-refractivity contribution is 0.745. The lowest BCUT2D eigenvalue weighted by Gasteiger charge is -2.23. The first-order chi connectivity index (χ1) is 6.77. The molecule has 0 unspecified atom stereocenters. The van der Waals surface area contributed by atoms with Crippen LogP contribution in [0.15, 0.2) is 24.3 Å². The van der Waals surface area contributed by atoms with Gasteiger partial charge in [-0.05, 0) is 37.1 Å². The van der Waals surface area contributed by atoms with Gasteiger partial charge in [0.25, 0.3) is 0 Å². The third-order valence-electron chi connectivity index (χ3n) is 2.22. The average Bonchev–Trinajstić information content (AvgIpc) is 2.19. The SMILES string of the molecule is CCCN(CCC)c1ccc([NH])cc1. The first-order valence-electron chi connectivity index (χ1n) is 5.34. The molecule has 0 aromatic heterocycles. The highest BCUT2D eigenvalue weighted by Crippen LogP contribution is 2.17. The molecule has 1 N–H and O–H groups in total. The fourth-order valence-corrected chi connectivity index (χ4v) is 1.58. The standard InChI is InChI=1S/C12H19N2/c1-3-9-14(10-4-2)12-7-5-11(13)6-8-12/h5-8,13H,3-4,9-10H2,1-2H3. The summed E-state index contributed by atoms with van der Waals surface area (Å²) in [5.74, 6) is 0. The molecule has 0 saturated carbocycles. The molecule has 1 aromatic carbocycles. The Morgan fingerprint density at radius 1 is 1.00 bits per heavy atom. The molecule has 0 aliphatic rings. The molecule has 0 aliphatic carbocycles. The number of hydrogen-bond donors (Lipinski definition) is 0. The van der Waals surface area contributed by atoms with Crippen LogP contribution in [-0.2, 0) is 0 Å². The van der Waals surface area contributed by atoms with Crippen molar-refractivity contribution in [2.24, 2.45) is 0 Å². The summed E-state index contributed by atoms with van der Waals surface area (Å²) in [4.78, 5) is 2.37. The van der Waals surface area contributed by atoms with Crippen LogP contribution in [-0.4, -0.2) is 13.1 Å². The van der Waals surface area contributed by atoms with Crippen molar-refractivity contribution in [2.45, 2.75) is 26.7 Å². The van der Waals surface area contributed by atoms with Crippen molar-refractivity contribution < 1.29 is 0 Å². The molecule has 14 heavy (non-hydrogen) atoms. The van der Waals surface area contributed by atoms with Crippen LogP contribution in [0.1, 0.15) is 26.7 Å². The second-order valence-corrected chi connectivity index (χ2v) is 3.53. The Hall–Kier alpha value is -1.18. The zero-order chi connectivity index (χ0) is 10.4. The molecule has 0 bridgehead atoms. The van der Waals surface area contributed by atoms with Crippen LogP contribution in [0, 0.1) is 0 Å². The van der Waals surface area contributed by atoms with Crippen LogP contribution in [0.5, 0.6) is 0 Å². The highest BCUT2D eigenvalue weighted by atomic mass is 15.1. The van der Waals surface area contributed by atoms with Crippen LogP contribution in [0.3, 0.4) is 0 Å². The lowest BCUT2D eigenvalue weighted by Crippen LogP contribution is -2.24. The first kappa shape index (κ1) is 10.9. The molecule has 0 atom stereocenters. The topological polar surface area (TPSA) is 27.0 Å². The van der Waals surface area contributed by atoms with Crippen molar-refractivity contribution in [3.63, 3.8) is 0 Å². The number of nitrogens with one attached hydrogen (secondary N) is 1. The van der Waals surface area contributed by atoms with Gasteiger partial charge in [0.1, 0.15) is 0 Å². The van der Waals surface area contributed by atoms with Gasteiger partial charge in [-0.3, -0.25) is 0 Å². The summed E-state index contributed by atoms with van der Waals surface area (Å²) in [5.41, 5.74) is 9.24. The van der Waals surface area contributed by atoms with Crippen LogP contribution < -0.4 is 10.6 Å². The molecule has 2 heteroatoms. The molecule has 0 fully saturated rings. The van der Waals surface area contributed by atoms with Crippen molar-refractivity contribution in [2.75, 3.05) is 18.0 Å². The fraction of sp³-hybridized carbons (Fsp3) is 0.500. The minimum absolute atomic E-state index is 0.585. The van der Waals surface area contributed by atoms with Crippen LogP contribution in [0.2, 0.25) is 0 Å². The second-order valence-electron chi connectivity index (χ2n) is 3.53. The van der Waals surface area contributed by atoms with Crippen molar-refractivity contribution in [1.82, 2.24) is 5.73 Å². The zero-order valence-corrected chi connectivity index (χ0v) is 9.09. The summed E-state index contributed by atoms with van der Waals surface area (Å²) in [5, 5.41) is 0. The molecule has 77 valence electrons. The summed E-state index contributed by atoms with van der Waals surface area (Å²) >= 11 is 0. The van der Waals surface area contributed by atoms with Crippen LogP contribution in [0.4, 0.5) is 11.4 Å². The molecule has 0 heterocycles. The van der Waals surface area contributed by atoms with E-state index in [1.54, 1.807) is 0 Å². The Labute approximate surface area is 86.7 Å². The first-order valence-corrected chi connectivity index (χ1v) is 5.34. The Morgan fingerprint density at radius 3 is 1.93 bits per heavy atom. The molecule has 0 spiro atoms. The fourth-order valence-electron chi connectivity index (χ4n) is 1.58. The normalized spacial score (nSPS) is 10.1. The monoisotopic (exact) mass is 191 g/mol. The predicted molar refractivity (Wildman–Crippen MR) is 62.0 cm³/mol. The van der Waals surface area contributed by atoms with Gasteiger partial charge < -0.3 is 10.6 Å². The average molecular weight is 191 g/mol. The van der Waals surface area contributed by atoms with E-state index in [1.807, 2.05) is 24.3 Å². The van der Waals surface area contributed by atoms with Gasteiger partial charge in [0.15, 0.2) is 0 Å². The molecule has 0 amide bonds. The molecule has 0 saturated heterocycles. The third kappa shape index (κ3) is 2.95. The van der Waals surface area contributed by atoms with Crippen molar-refractivity contribution in [3.05, 3.63) is 24.3 Å². The molecule has 1 rings (SSSR count). The van der Waals surface area contributed by atoms with Gasteiger partial charge in [0.05, 0.1) is 5.69 Å². The third-order valence-corrected chi connectivity index (χ3v) is 2.22. The van der Waals surface area contributed by atoms with Gasteiger partial charge in [-0.15, -0.1) is 0 Å². The van der Waals surface area contributed by atoms with Gasteiger partial charge in [-0.25, -0.2) is 0 Å². The number of nitrogens with zero attached hydrogens (tertiary/aromatic N) is 1. The summed E-state index contributed by atoms with van der Waals surface area (Å²) < 4.78 is 0.